The van der Waals surface area contributed by atoms with Crippen LogP contribution in [0.5, 0.6) is 0 Å². The van der Waals surface area contributed by atoms with Gasteiger partial charge in [0.2, 0.25) is 11.8 Å². The molecule has 13 heteroatoms. The Morgan fingerprint density at radius 1 is 1.10 bits per heavy atom. The minimum absolute atomic E-state index is 0.00412. The first-order chi connectivity index (χ1) is 22.8. The van der Waals surface area contributed by atoms with Crippen molar-refractivity contribution in [2.45, 2.75) is 135 Å². The van der Waals surface area contributed by atoms with Crippen molar-refractivity contribution in [3.05, 3.63) is 0 Å². The largest absolute Gasteiger partial charge is 0.379 e. The van der Waals surface area contributed by atoms with Gasteiger partial charge in [-0.1, -0.05) is 47.5 Å². The van der Waals surface area contributed by atoms with E-state index < -0.39 is 0 Å². The number of rotatable bonds is 16. The Morgan fingerprint density at radius 3 is 2.12 bits per heavy atom. The summed E-state index contributed by atoms with van der Waals surface area (Å²) in [7, 11) is 8.92. The molecule has 282 valence electrons. The van der Waals surface area contributed by atoms with Crippen molar-refractivity contribution in [2.75, 3.05) is 48.5 Å². The average Bonchev–Trinajstić information content (AvgIpc) is 3.85. The quantitative estimate of drug-likeness (QED) is 0.140. The van der Waals surface area contributed by atoms with Crippen LogP contribution in [-0.2, 0) is 28.7 Å². The van der Waals surface area contributed by atoms with Crippen LogP contribution in [0.3, 0.4) is 0 Å². The third-order valence-electron chi connectivity index (χ3n) is 9.72. The van der Waals surface area contributed by atoms with E-state index in [2.05, 4.69) is 41.7 Å². The molecule has 11 atom stereocenters. The fourth-order valence-electron chi connectivity index (χ4n) is 6.64. The number of nitrogens with one attached hydrogen (secondary N) is 3. The van der Waals surface area contributed by atoms with E-state index in [-0.39, 0.29) is 75.5 Å². The SMILES string of the molecule is CCC.CCC(C)C(C(CC=O)OC)N(C)C(=O)CNC(=O)C1NC2CCC1C2.CN[C@@H](C)PO.COC(C(C)C=O)C1CCCN1C. The van der Waals surface area contributed by atoms with Gasteiger partial charge in [0.15, 0.2) is 0 Å². The lowest BCUT2D eigenvalue weighted by molar-refractivity contribution is -0.138. The number of nitrogens with zero attached hydrogens (tertiary/aromatic N) is 2. The van der Waals surface area contributed by atoms with E-state index in [1.165, 1.54) is 12.8 Å². The van der Waals surface area contributed by atoms with Crippen LogP contribution in [0.1, 0.15) is 92.9 Å². The average molecular weight is 704 g/mol. The highest BCUT2D eigenvalue weighted by Crippen LogP contribution is 2.35. The third kappa shape index (κ3) is 15.6. The molecule has 0 spiro atoms. The molecule has 1 saturated carbocycles. The molecule has 3 fully saturated rings. The normalized spacial score (nSPS) is 25.2. The highest BCUT2D eigenvalue weighted by molar-refractivity contribution is 7.31. The Labute approximate surface area is 293 Å². The molecule has 2 saturated heterocycles. The maximum absolute atomic E-state index is 12.7. The molecule has 1 aliphatic carbocycles. The molecule has 48 heavy (non-hydrogen) atoms. The second-order valence-electron chi connectivity index (χ2n) is 13.4. The van der Waals surface area contributed by atoms with Crippen molar-refractivity contribution in [1.82, 2.24) is 25.8 Å². The van der Waals surface area contributed by atoms with Gasteiger partial charge in [0.1, 0.15) is 12.6 Å². The van der Waals surface area contributed by atoms with E-state index in [9.17, 15) is 19.2 Å². The number of ether oxygens (including phenoxy) is 2. The maximum atomic E-state index is 12.7. The Hall–Kier alpha value is -1.53. The Kier molecular flexibility index (Phi) is 25.5. The molecule has 0 aromatic rings. The molecule has 0 aromatic carbocycles. The first-order valence-electron chi connectivity index (χ1n) is 17.9. The molecular formula is C35H70N5O7P. The molecule has 3 rings (SSSR count). The molecule has 2 aliphatic heterocycles. The summed E-state index contributed by atoms with van der Waals surface area (Å²) in [5.41, 5.74) is 0. The monoisotopic (exact) mass is 704 g/mol. The molecule has 12 nitrogen and oxygen atoms in total. The zero-order valence-electron chi connectivity index (χ0n) is 31.8. The van der Waals surface area contributed by atoms with Crippen molar-refractivity contribution in [1.29, 1.82) is 0 Å². The van der Waals surface area contributed by atoms with Crippen molar-refractivity contribution in [3.8, 4) is 0 Å². The van der Waals surface area contributed by atoms with E-state index >= 15 is 0 Å². The summed E-state index contributed by atoms with van der Waals surface area (Å²) in [6.07, 6.45) is 9.52. The fraction of sp³-hybridized carbons (Fsp3) is 0.886. The van der Waals surface area contributed by atoms with Crippen LogP contribution < -0.4 is 16.0 Å². The van der Waals surface area contributed by atoms with Crippen LogP contribution in [0.4, 0.5) is 0 Å². The van der Waals surface area contributed by atoms with Crippen molar-refractivity contribution in [3.63, 3.8) is 0 Å². The molecule has 3 aliphatic rings. The summed E-state index contributed by atoms with van der Waals surface area (Å²) in [5.74, 6) is 0.582. The Bertz CT molecular complexity index is 899. The number of amides is 2. The summed E-state index contributed by atoms with van der Waals surface area (Å²) in [4.78, 5) is 58.9. The highest BCUT2D eigenvalue weighted by Gasteiger charge is 2.43. The smallest absolute Gasteiger partial charge is 0.242 e. The first-order valence-corrected chi connectivity index (χ1v) is 18.9. The fourth-order valence-corrected chi connectivity index (χ4v) is 6.77. The van der Waals surface area contributed by atoms with E-state index in [0.29, 0.717) is 18.0 Å². The number of piperidine rings is 1. The molecule has 4 N–H and O–H groups in total. The van der Waals surface area contributed by atoms with Gasteiger partial charge in [-0.15, -0.1) is 0 Å². The molecule has 0 radical (unpaired) electrons. The van der Waals surface area contributed by atoms with Crippen molar-refractivity contribution >= 4 is 33.2 Å². The first kappa shape index (κ1) is 46.5. The predicted molar refractivity (Wildman–Crippen MR) is 195 cm³/mol. The van der Waals surface area contributed by atoms with Crippen LogP contribution in [0.25, 0.3) is 0 Å². The standard InChI is InChI=1S/C19H33N3O4.C10H19NO2.C3H10NOP.C3H8/c1-5-12(2)18(15(26-4)8-9-23)22(3)16(24)11-20-19(25)17-13-6-7-14(10-13)21-17;1-8(7-12)10(13-3)9-5-4-6-11(9)2;1-3(4-2)6-5;1-3-2/h9,12-15,17-18,21H,5-8,10-11H2,1-4H3,(H,20,25);7-10H,4-6H2,1-3H3;3-6H,1-2H3;3H2,1-2H3/t;;3-;/m..1./s1. The van der Waals surface area contributed by atoms with Gasteiger partial charge in [0, 0.05) is 60.3 Å². The lowest BCUT2D eigenvalue weighted by atomic mass is 9.91. The summed E-state index contributed by atoms with van der Waals surface area (Å²) < 4.78 is 10.8. The summed E-state index contributed by atoms with van der Waals surface area (Å²) >= 11 is 0. The number of likely N-dealkylation sites (tertiary alicyclic amines) is 1. The number of likely N-dealkylation sites (N-methyl/N-ethyl adjacent to an activating group) is 2. The molecule has 2 amide bonds. The topological polar surface area (TPSA) is 150 Å². The maximum Gasteiger partial charge on any atom is 0.242 e. The number of carbonyl (C=O) groups excluding carboxylic acids is 4. The highest BCUT2D eigenvalue weighted by atomic mass is 31.1. The number of aldehydes is 2. The lowest BCUT2D eigenvalue weighted by Gasteiger charge is -2.37. The van der Waals surface area contributed by atoms with Crippen molar-refractivity contribution < 1.29 is 33.5 Å². The summed E-state index contributed by atoms with van der Waals surface area (Å²) in [6, 6.07) is 0.499. The second-order valence-corrected chi connectivity index (χ2v) is 14.5. The van der Waals surface area contributed by atoms with Crippen LogP contribution in [0.15, 0.2) is 0 Å². The zero-order valence-corrected chi connectivity index (χ0v) is 32.8. The van der Waals surface area contributed by atoms with Gasteiger partial charge in [-0.3, -0.25) is 9.59 Å². The number of carbonyl (C=O) groups is 4. The van der Waals surface area contributed by atoms with E-state index in [1.807, 2.05) is 34.7 Å². The van der Waals surface area contributed by atoms with Gasteiger partial charge < -0.3 is 49.7 Å². The third-order valence-corrected chi connectivity index (χ3v) is 10.4. The Morgan fingerprint density at radius 2 is 1.75 bits per heavy atom. The number of methoxy groups -OCH3 is 2. The van der Waals surface area contributed by atoms with Gasteiger partial charge >= 0.3 is 0 Å². The minimum Gasteiger partial charge on any atom is -0.379 e. The lowest BCUT2D eigenvalue weighted by Crippen LogP contribution is -2.54. The van der Waals surface area contributed by atoms with Gasteiger partial charge in [-0.05, 0) is 71.5 Å². The van der Waals surface area contributed by atoms with Gasteiger partial charge in [-0.25, -0.2) is 0 Å². The zero-order chi connectivity index (χ0) is 36.8. The number of hydrogen-bond acceptors (Lipinski definition) is 10. The minimum atomic E-state index is -0.348. The van der Waals surface area contributed by atoms with Gasteiger partial charge in [0.05, 0.1) is 30.8 Å². The van der Waals surface area contributed by atoms with Crippen LogP contribution in [-0.4, -0.2) is 130 Å². The molecular weight excluding hydrogens is 633 g/mol. The Balaban J connectivity index is 0.000000828. The molecule has 2 heterocycles. The molecule has 10 unspecified atom stereocenters. The van der Waals surface area contributed by atoms with E-state index in [4.69, 9.17) is 14.4 Å². The number of hydrogen-bond donors (Lipinski definition) is 4. The van der Waals surface area contributed by atoms with Gasteiger partial charge in [-0.2, -0.15) is 0 Å². The van der Waals surface area contributed by atoms with Crippen molar-refractivity contribution in [2.24, 2.45) is 17.8 Å². The second kappa shape index (κ2) is 26.3. The molecule has 0 aromatic heterocycles. The molecule has 2 bridgehead atoms. The number of fused-ring (bicyclic) bond motifs is 2. The van der Waals surface area contributed by atoms with Gasteiger partial charge in [0.25, 0.3) is 0 Å². The van der Waals surface area contributed by atoms with E-state index in [0.717, 1.165) is 51.2 Å². The summed E-state index contributed by atoms with van der Waals surface area (Å²) in [5, 5.41) is 9.01. The predicted octanol–water partition coefficient (Wildman–Crippen LogP) is 3.20. The van der Waals surface area contributed by atoms with E-state index in [1.54, 1.807) is 26.2 Å². The summed E-state index contributed by atoms with van der Waals surface area (Å²) in [6.45, 7) is 13.3. The van der Waals surface area contributed by atoms with Crippen LogP contribution >= 0.6 is 8.81 Å². The van der Waals surface area contributed by atoms with Crippen LogP contribution in [0.2, 0.25) is 0 Å². The van der Waals surface area contributed by atoms with Crippen LogP contribution in [0, 0.1) is 17.8 Å².